The summed E-state index contributed by atoms with van der Waals surface area (Å²) in [6.45, 7) is 7.00. The fourth-order valence-electron chi connectivity index (χ4n) is 3.61. The Bertz CT molecular complexity index is 948. The Hall–Kier alpha value is -2.65. The first-order chi connectivity index (χ1) is 14.9. The SMILES string of the molecule is CCOC(=O)c1cc(N2CC[C@H](NC(=O)c3nc(Cl)c(CC)[nH]3)[C@H](OC)C2)ncc1C. The number of methoxy groups -OCH3 is 1. The number of anilines is 1. The van der Waals surface area contributed by atoms with Crippen LogP contribution in [-0.2, 0) is 15.9 Å². The predicted octanol–water partition coefficient (Wildman–Crippen LogP) is 2.53. The number of hydrogen-bond acceptors (Lipinski definition) is 7. The molecule has 0 radical (unpaired) electrons. The van der Waals surface area contributed by atoms with Gasteiger partial charge in [0, 0.05) is 26.4 Å². The molecule has 0 bridgehead atoms. The zero-order valence-electron chi connectivity index (χ0n) is 18.2. The van der Waals surface area contributed by atoms with Crippen LogP contribution in [0, 0.1) is 6.92 Å². The molecular weight excluding hydrogens is 422 g/mol. The number of imidazole rings is 1. The molecule has 1 fully saturated rings. The van der Waals surface area contributed by atoms with Gasteiger partial charge in [0.1, 0.15) is 5.82 Å². The molecule has 1 amide bonds. The van der Waals surface area contributed by atoms with Gasteiger partial charge >= 0.3 is 5.97 Å². The van der Waals surface area contributed by atoms with Gasteiger partial charge in [-0.1, -0.05) is 18.5 Å². The molecule has 2 aromatic heterocycles. The largest absolute Gasteiger partial charge is 0.462 e. The molecule has 0 spiro atoms. The number of halogens is 1. The number of esters is 1. The summed E-state index contributed by atoms with van der Waals surface area (Å²) >= 11 is 6.05. The van der Waals surface area contributed by atoms with Crippen molar-refractivity contribution in [3.63, 3.8) is 0 Å². The fourth-order valence-corrected chi connectivity index (χ4v) is 3.87. The third-order valence-corrected chi connectivity index (χ3v) is 5.70. The number of ether oxygens (including phenoxy) is 2. The Kier molecular flexibility index (Phi) is 7.50. The minimum atomic E-state index is -0.363. The highest BCUT2D eigenvalue weighted by atomic mass is 35.5. The molecular formula is C21H28ClN5O4. The second-order valence-corrected chi connectivity index (χ2v) is 7.73. The van der Waals surface area contributed by atoms with Crippen molar-refractivity contribution >= 4 is 29.3 Å². The van der Waals surface area contributed by atoms with E-state index in [0.717, 1.165) is 11.3 Å². The summed E-state index contributed by atoms with van der Waals surface area (Å²) in [6, 6.07) is 1.55. The molecule has 1 saturated heterocycles. The molecule has 0 unspecified atom stereocenters. The Balaban J connectivity index is 1.70. The number of carbonyl (C=O) groups excluding carboxylic acids is 2. The molecule has 10 heteroatoms. The molecule has 0 aromatic carbocycles. The van der Waals surface area contributed by atoms with Gasteiger partial charge in [-0.25, -0.2) is 14.8 Å². The molecule has 2 N–H and O–H groups in total. The summed E-state index contributed by atoms with van der Waals surface area (Å²) < 4.78 is 10.8. The lowest BCUT2D eigenvalue weighted by Crippen LogP contribution is -2.55. The van der Waals surface area contributed by atoms with Crippen LogP contribution in [0.4, 0.5) is 5.82 Å². The lowest BCUT2D eigenvalue weighted by Gasteiger charge is -2.38. The number of aromatic nitrogens is 3. The van der Waals surface area contributed by atoms with Crippen molar-refractivity contribution in [2.45, 2.75) is 45.8 Å². The van der Waals surface area contributed by atoms with Crippen LogP contribution in [0.5, 0.6) is 0 Å². The van der Waals surface area contributed by atoms with E-state index < -0.39 is 0 Å². The lowest BCUT2D eigenvalue weighted by molar-refractivity contribution is 0.0521. The topological polar surface area (TPSA) is 109 Å². The van der Waals surface area contributed by atoms with Crippen LogP contribution in [0.1, 0.15) is 52.5 Å². The molecule has 9 nitrogen and oxygen atoms in total. The van der Waals surface area contributed by atoms with E-state index in [-0.39, 0.29) is 29.8 Å². The van der Waals surface area contributed by atoms with E-state index in [4.69, 9.17) is 21.1 Å². The third-order valence-electron chi connectivity index (χ3n) is 5.38. The van der Waals surface area contributed by atoms with Gasteiger partial charge in [0.25, 0.3) is 5.91 Å². The first-order valence-corrected chi connectivity index (χ1v) is 10.7. The van der Waals surface area contributed by atoms with E-state index in [0.29, 0.717) is 49.1 Å². The van der Waals surface area contributed by atoms with Gasteiger partial charge in [-0.05, 0) is 38.3 Å². The van der Waals surface area contributed by atoms with Crippen molar-refractivity contribution in [2.75, 3.05) is 31.7 Å². The van der Waals surface area contributed by atoms with Crippen LogP contribution in [0.15, 0.2) is 12.3 Å². The van der Waals surface area contributed by atoms with Crippen molar-refractivity contribution in [1.29, 1.82) is 0 Å². The molecule has 1 aliphatic rings. The molecule has 31 heavy (non-hydrogen) atoms. The summed E-state index contributed by atoms with van der Waals surface area (Å²) in [6.07, 6.45) is 2.71. The minimum Gasteiger partial charge on any atom is -0.462 e. The predicted molar refractivity (Wildman–Crippen MR) is 117 cm³/mol. The van der Waals surface area contributed by atoms with Gasteiger partial charge in [-0.15, -0.1) is 0 Å². The smallest absolute Gasteiger partial charge is 0.338 e. The molecule has 3 rings (SSSR count). The van der Waals surface area contributed by atoms with Crippen LogP contribution in [0.3, 0.4) is 0 Å². The number of aryl methyl sites for hydroxylation is 2. The van der Waals surface area contributed by atoms with Crippen molar-refractivity contribution in [1.82, 2.24) is 20.3 Å². The minimum absolute atomic E-state index is 0.193. The zero-order valence-corrected chi connectivity index (χ0v) is 19.0. The molecule has 1 aliphatic heterocycles. The van der Waals surface area contributed by atoms with Gasteiger partial charge in [-0.3, -0.25) is 4.79 Å². The van der Waals surface area contributed by atoms with Gasteiger partial charge < -0.3 is 24.7 Å². The highest BCUT2D eigenvalue weighted by Gasteiger charge is 2.32. The molecule has 0 saturated carbocycles. The Morgan fingerprint density at radius 1 is 1.39 bits per heavy atom. The van der Waals surface area contributed by atoms with Gasteiger partial charge in [0.15, 0.2) is 11.0 Å². The maximum absolute atomic E-state index is 12.6. The second-order valence-electron chi connectivity index (χ2n) is 7.38. The monoisotopic (exact) mass is 449 g/mol. The van der Waals surface area contributed by atoms with E-state index in [1.54, 1.807) is 26.3 Å². The summed E-state index contributed by atoms with van der Waals surface area (Å²) in [5.74, 6) is 0.183. The normalized spacial score (nSPS) is 18.7. The average molecular weight is 450 g/mol. The summed E-state index contributed by atoms with van der Waals surface area (Å²) in [5, 5.41) is 3.30. The van der Waals surface area contributed by atoms with Gasteiger partial charge in [0.2, 0.25) is 0 Å². The van der Waals surface area contributed by atoms with Crippen LogP contribution < -0.4 is 10.2 Å². The average Bonchev–Trinajstić information content (AvgIpc) is 3.15. The van der Waals surface area contributed by atoms with Crippen molar-refractivity contribution in [2.24, 2.45) is 0 Å². The number of pyridine rings is 1. The zero-order chi connectivity index (χ0) is 22.5. The fraction of sp³-hybridized carbons (Fsp3) is 0.524. The quantitative estimate of drug-likeness (QED) is 0.625. The number of carbonyl (C=O) groups is 2. The maximum Gasteiger partial charge on any atom is 0.338 e. The van der Waals surface area contributed by atoms with E-state index in [1.165, 1.54) is 0 Å². The van der Waals surface area contributed by atoms with Crippen LogP contribution in [0.25, 0.3) is 0 Å². The second kappa shape index (κ2) is 10.1. The highest BCUT2D eigenvalue weighted by molar-refractivity contribution is 6.30. The van der Waals surface area contributed by atoms with Crippen molar-refractivity contribution in [3.05, 3.63) is 40.1 Å². The van der Waals surface area contributed by atoms with Crippen LogP contribution >= 0.6 is 11.6 Å². The summed E-state index contributed by atoms with van der Waals surface area (Å²) in [7, 11) is 1.61. The molecule has 3 heterocycles. The third kappa shape index (κ3) is 5.16. The summed E-state index contributed by atoms with van der Waals surface area (Å²) in [4.78, 5) is 38.4. The summed E-state index contributed by atoms with van der Waals surface area (Å²) in [5.41, 5.74) is 1.99. The highest BCUT2D eigenvalue weighted by Crippen LogP contribution is 2.23. The molecule has 0 aliphatic carbocycles. The van der Waals surface area contributed by atoms with Crippen molar-refractivity contribution in [3.8, 4) is 0 Å². The number of nitrogens with one attached hydrogen (secondary N) is 2. The van der Waals surface area contributed by atoms with E-state index in [1.807, 2.05) is 18.7 Å². The Labute approximate surface area is 186 Å². The number of aromatic amines is 1. The van der Waals surface area contributed by atoms with Gasteiger partial charge in [-0.2, -0.15) is 0 Å². The molecule has 2 aromatic rings. The van der Waals surface area contributed by atoms with E-state index in [2.05, 4.69) is 20.3 Å². The van der Waals surface area contributed by atoms with Crippen LogP contribution in [-0.4, -0.2) is 65.8 Å². The maximum atomic E-state index is 12.6. The number of H-pyrrole nitrogens is 1. The molecule has 2 atom stereocenters. The lowest BCUT2D eigenvalue weighted by atomic mass is 10.0. The first kappa shape index (κ1) is 23.0. The van der Waals surface area contributed by atoms with Crippen LogP contribution in [0.2, 0.25) is 5.15 Å². The number of rotatable bonds is 7. The molecule has 168 valence electrons. The number of hydrogen-bond donors (Lipinski definition) is 2. The van der Waals surface area contributed by atoms with Crippen molar-refractivity contribution < 1.29 is 19.1 Å². The number of nitrogens with zero attached hydrogens (tertiary/aromatic N) is 3. The van der Waals surface area contributed by atoms with E-state index >= 15 is 0 Å². The number of amides is 1. The van der Waals surface area contributed by atoms with E-state index in [9.17, 15) is 9.59 Å². The first-order valence-electron chi connectivity index (χ1n) is 10.3. The van der Waals surface area contributed by atoms with Gasteiger partial charge in [0.05, 0.1) is 30.0 Å². The Morgan fingerprint density at radius 3 is 2.81 bits per heavy atom. The Morgan fingerprint density at radius 2 is 2.16 bits per heavy atom. The number of piperidine rings is 1. The standard InChI is InChI=1S/C21H28ClN5O4/c1-5-14-18(22)26-19(24-14)20(28)25-15-7-8-27(11-16(15)30-4)17-9-13(12(3)10-23-17)21(29)31-6-2/h9-10,15-16H,5-8,11H2,1-4H3,(H,24,26)(H,25,28)/t15-,16+/m0/s1.